The van der Waals surface area contributed by atoms with Crippen molar-refractivity contribution in [3.63, 3.8) is 0 Å². The smallest absolute Gasteiger partial charge is 0.277 e. The molecule has 1 heterocycles. The molecule has 1 aliphatic rings. The number of non-ortho nitro benzene ring substituents is 1. The van der Waals surface area contributed by atoms with Crippen LogP contribution in [0, 0.1) is 10.1 Å². The molecule has 158 valence electrons. The summed E-state index contributed by atoms with van der Waals surface area (Å²) in [6, 6.07) is 12.1. The molecule has 2 aromatic rings. The maximum Gasteiger partial charge on any atom is 0.277 e. The Balaban J connectivity index is 1.62. The second-order valence-corrected chi connectivity index (χ2v) is 6.68. The summed E-state index contributed by atoms with van der Waals surface area (Å²) in [5.41, 5.74) is 4.88. The fourth-order valence-corrected chi connectivity index (χ4v) is 3.03. The predicted molar refractivity (Wildman–Crippen MR) is 113 cm³/mol. The number of hydrogen-bond donors (Lipinski definition) is 1. The molecule has 0 aromatic heterocycles. The Morgan fingerprint density at radius 2 is 2.00 bits per heavy atom. The normalized spacial score (nSPS) is 14.0. The number of carbonyl (C=O) groups excluding carboxylic acids is 1. The number of rotatable bonds is 8. The summed E-state index contributed by atoms with van der Waals surface area (Å²) < 4.78 is 10.8. The first-order valence-electron chi connectivity index (χ1n) is 9.71. The van der Waals surface area contributed by atoms with Crippen LogP contribution < -0.4 is 15.1 Å². The van der Waals surface area contributed by atoms with Crippen LogP contribution in [0.15, 0.2) is 47.6 Å². The molecule has 0 spiro atoms. The van der Waals surface area contributed by atoms with Gasteiger partial charge in [0.1, 0.15) is 5.75 Å². The van der Waals surface area contributed by atoms with E-state index >= 15 is 0 Å². The molecule has 1 N–H and O–H groups in total. The summed E-state index contributed by atoms with van der Waals surface area (Å²) in [6.45, 7) is 4.40. The lowest BCUT2D eigenvalue weighted by atomic mass is 10.1. The number of hydrazone groups is 1. The number of nitrogens with one attached hydrogen (secondary N) is 1. The molecule has 1 aliphatic heterocycles. The zero-order valence-corrected chi connectivity index (χ0v) is 16.7. The number of benzene rings is 2. The quantitative estimate of drug-likeness (QED) is 0.406. The van der Waals surface area contributed by atoms with Gasteiger partial charge in [-0.2, -0.15) is 5.10 Å². The van der Waals surface area contributed by atoms with E-state index in [0.29, 0.717) is 37.6 Å². The van der Waals surface area contributed by atoms with Gasteiger partial charge in [0.25, 0.3) is 11.6 Å². The molecular formula is C21H24N4O5. The van der Waals surface area contributed by atoms with Crippen LogP contribution in [0.4, 0.5) is 11.4 Å². The first-order chi connectivity index (χ1) is 14.6. The first-order valence-corrected chi connectivity index (χ1v) is 9.71. The summed E-state index contributed by atoms with van der Waals surface area (Å²) in [6.07, 6.45) is 2.34. The summed E-state index contributed by atoms with van der Waals surface area (Å²) in [7, 11) is 0. The van der Waals surface area contributed by atoms with Gasteiger partial charge in [0.05, 0.1) is 24.4 Å². The van der Waals surface area contributed by atoms with Crippen LogP contribution in [-0.4, -0.2) is 50.0 Å². The van der Waals surface area contributed by atoms with Gasteiger partial charge in [0, 0.05) is 36.5 Å². The highest BCUT2D eigenvalue weighted by atomic mass is 16.6. The molecule has 0 atom stereocenters. The van der Waals surface area contributed by atoms with Gasteiger partial charge in [0.15, 0.2) is 6.61 Å². The minimum absolute atomic E-state index is 0.0429. The van der Waals surface area contributed by atoms with Crippen LogP contribution in [0.5, 0.6) is 5.75 Å². The number of hydrogen-bond acceptors (Lipinski definition) is 7. The topological polar surface area (TPSA) is 106 Å². The second kappa shape index (κ2) is 10.4. The van der Waals surface area contributed by atoms with E-state index in [9.17, 15) is 14.9 Å². The Morgan fingerprint density at radius 1 is 1.27 bits per heavy atom. The van der Waals surface area contributed by atoms with Crippen molar-refractivity contribution in [3.05, 3.63) is 63.7 Å². The van der Waals surface area contributed by atoms with Crippen molar-refractivity contribution in [2.24, 2.45) is 5.10 Å². The average molecular weight is 412 g/mol. The van der Waals surface area contributed by atoms with Crippen molar-refractivity contribution in [2.75, 3.05) is 37.8 Å². The number of nitro groups is 1. The van der Waals surface area contributed by atoms with Gasteiger partial charge in [-0.1, -0.05) is 19.1 Å². The Kier molecular flexibility index (Phi) is 7.34. The van der Waals surface area contributed by atoms with E-state index < -0.39 is 10.8 Å². The molecular weight excluding hydrogens is 388 g/mol. The second-order valence-electron chi connectivity index (χ2n) is 6.68. The predicted octanol–water partition coefficient (Wildman–Crippen LogP) is 2.52. The third-order valence-electron chi connectivity index (χ3n) is 4.67. The van der Waals surface area contributed by atoms with Crippen molar-refractivity contribution in [3.8, 4) is 5.75 Å². The van der Waals surface area contributed by atoms with Crippen LogP contribution >= 0.6 is 0 Å². The van der Waals surface area contributed by atoms with Crippen LogP contribution in [0.1, 0.15) is 18.1 Å². The zero-order valence-electron chi connectivity index (χ0n) is 16.7. The van der Waals surface area contributed by atoms with Gasteiger partial charge in [-0.15, -0.1) is 0 Å². The summed E-state index contributed by atoms with van der Waals surface area (Å²) in [5.74, 6) is 0.170. The summed E-state index contributed by atoms with van der Waals surface area (Å²) in [4.78, 5) is 24.7. The maximum absolute atomic E-state index is 12.0. The highest BCUT2D eigenvalue weighted by Crippen LogP contribution is 2.25. The van der Waals surface area contributed by atoms with Gasteiger partial charge < -0.3 is 14.4 Å². The van der Waals surface area contributed by atoms with E-state index in [-0.39, 0.29) is 12.3 Å². The summed E-state index contributed by atoms with van der Waals surface area (Å²) in [5, 5.41) is 15.1. The fraction of sp³-hybridized carbons (Fsp3) is 0.333. The summed E-state index contributed by atoms with van der Waals surface area (Å²) >= 11 is 0. The minimum atomic E-state index is -0.462. The van der Waals surface area contributed by atoms with Crippen molar-refractivity contribution in [2.45, 2.75) is 13.3 Å². The van der Waals surface area contributed by atoms with Crippen LogP contribution in [0.2, 0.25) is 0 Å². The number of carbonyl (C=O) groups is 1. The molecule has 0 saturated carbocycles. The highest BCUT2D eigenvalue weighted by molar-refractivity contribution is 5.90. The molecule has 1 saturated heterocycles. The van der Waals surface area contributed by atoms with Crippen LogP contribution in [-0.2, 0) is 16.0 Å². The third kappa shape index (κ3) is 5.77. The SMILES string of the molecule is CCc1ccc(OCC(=O)NN=Cc2cc([N+](=O)[O-])ccc2N2CCOCC2)cc1. The molecule has 0 unspecified atom stereocenters. The van der Waals surface area contributed by atoms with E-state index in [1.807, 2.05) is 24.3 Å². The van der Waals surface area contributed by atoms with E-state index in [1.165, 1.54) is 23.9 Å². The van der Waals surface area contributed by atoms with Crippen LogP contribution in [0.25, 0.3) is 0 Å². The molecule has 3 rings (SSSR count). The Hall–Kier alpha value is -3.46. The Morgan fingerprint density at radius 3 is 2.67 bits per heavy atom. The lowest BCUT2D eigenvalue weighted by Gasteiger charge is -2.29. The average Bonchev–Trinajstić information content (AvgIpc) is 2.78. The van der Waals surface area contributed by atoms with E-state index in [2.05, 4.69) is 22.4 Å². The van der Waals surface area contributed by atoms with Gasteiger partial charge in [-0.25, -0.2) is 5.43 Å². The van der Waals surface area contributed by atoms with Crippen LogP contribution in [0.3, 0.4) is 0 Å². The zero-order chi connectivity index (χ0) is 21.3. The van der Waals surface area contributed by atoms with Gasteiger partial charge in [-0.3, -0.25) is 14.9 Å². The number of amides is 1. The third-order valence-corrected chi connectivity index (χ3v) is 4.67. The van der Waals surface area contributed by atoms with E-state index in [4.69, 9.17) is 9.47 Å². The number of morpholine rings is 1. The molecule has 9 nitrogen and oxygen atoms in total. The molecule has 0 aliphatic carbocycles. The van der Waals surface area contributed by atoms with Gasteiger partial charge >= 0.3 is 0 Å². The number of nitro benzene ring substituents is 1. The monoisotopic (exact) mass is 412 g/mol. The van der Waals surface area contributed by atoms with Crippen molar-refractivity contribution in [1.29, 1.82) is 0 Å². The van der Waals surface area contributed by atoms with E-state index in [1.54, 1.807) is 6.07 Å². The Labute approximate surface area is 174 Å². The molecule has 1 amide bonds. The first kappa shape index (κ1) is 21.3. The van der Waals surface area contributed by atoms with Gasteiger partial charge in [-0.05, 0) is 30.2 Å². The number of ether oxygens (including phenoxy) is 2. The molecule has 9 heteroatoms. The fourth-order valence-electron chi connectivity index (χ4n) is 3.03. The lowest BCUT2D eigenvalue weighted by molar-refractivity contribution is -0.384. The Bertz CT molecular complexity index is 908. The van der Waals surface area contributed by atoms with Crippen molar-refractivity contribution >= 4 is 23.5 Å². The molecule has 0 bridgehead atoms. The lowest BCUT2D eigenvalue weighted by Crippen LogP contribution is -2.36. The largest absolute Gasteiger partial charge is 0.484 e. The minimum Gasteiger partial charge on any atom is -0.484 e. The number of anilines is 1. The van der Waals surface area contributed by atoms with E-state index in [0.717, 1.165) is 12.1 Å². The molecule has 30 heavy (non-hydrogen) atoms. The molecule has 1 fully saturated rings. The number of nitrogens with zero attached hydrogens (tertiary/aromatic N) is 3. The van der Waals surface area contributed by atoms with Crippen molar-refractivity contribution < 1.29 is 19.2 Å². The highest BCUT2D eigenvalue weighted by Gasteiger charge is 2.17. The van der Waals surface area contributed by atoms with Gasteiger partial charge in [0.2, 0.25) is 0 Å². The number of aryl methyl sites for hydroxylation is 1. The standard InChI is InChI=1S/C21H24N4O5/c1-2-16-3-6-19(7-4-16)30-15-21(26)23-22-14-17-13-18(25(27)28)5-8-20(17)24-9-11-29-12-10-24/h3-8,13-14H,2,9-12,15H2,1H3,(H,23,26). The molecule has 2 aromatic carbocycles. The maximum atomic E-state index is 12.0. The molecule has 0 radical (unpaired) electrons. The van der Waals surface area contributed by atoms with Crippen molar-refractivity contribution in [1.82, 2.24) is 5.43 Å².